The van der Waals surface area contributed by atoms with Gasteiger partial charge in [0.1, 0.15) is 5.69 Å². The molecule has 0 bridgehead atoms. The molecule has 2 rings (SSSR count). The van der Waals surface area contributed by atoms with E-state index in [0.717, 1.165) is 16.1 Å². The Hall–Kier alpha value is -1.46. The molecule has 0 aliphatic heterocycles. The minimum Gasteiger partial charge on any atom is -0.335 e. The van der Waals surface area contributed by atoms with E-state index in [1.165, 1.54) is 23.0 Å². The number of aryl methyl sites for hydroxylation is 1. The first-order chi connectivity index (χ1) is 8.09. The van der Waals surface area contributed by atoms with Crippen molar-refractivity contribution in [1.82, 2.24) is 4.73 Å². The number of carbonyl (C=O) groups excluding carboxylic acids is 1. The summed E-state index contributed by atoms with van der Waals surface area (Å²) in [6, 6.07) is 9.74. The summed E-state index contributed by atoms with van der Waals surface area (Å²) in [6.07, 6.45) is 0. The maximum atomic E-state index is 11.1. The molecule has 5 heteroatoms. The van der Waals surface area contributed by atoms with Crippen LogP contribution in [0.3, 0.4) is 0 Å². The molecule has 0 fully saturated rings. The molecule has 0 aliphatic carbocycles. The van der Waals surface area contributed by atoms with E-state index in [2.05, 4.69) is 0 Å². The molecule has 0 unspecified atom stereocenters. The number of benzene rings is 1. The number of nitrogens with zero attached hydrogens (tertiary/aromatic N) is 1. The van der Waals surface area contributed by atoms with E-state index < -0.39 is 0 Å². The van der Waals surface area contributed by atoms with E-state index in [-0.39, 0.29) is 5.97 Å². The molecule has 17 heavy (non-hydrogen) atoms. The summed E-state index contributed by atoms with van der Waals surface area (Å²) >= 11 is 6.62. The van der Waals surface area contributed by atoms with Gasteiger partial charge >= 0.3 is 5.97 Å². The van der Waals surface area contributed by atoms with Crippen molar-refractivity contribution >= 4 is 29.5 Å². The Morgan fingerprint density at radius 1 is 1.35 bits per heavy atom. The summed E-state index contributed by atoms with van der Waals surface area (Å²) in [5.41, 5.74) is 1.83. The molecule has 1 heterocycles. The van der Waals surface area contributed by atoms with Crippen LogP contribution in [0.4, 0.5) is 0 Å². The average Bonchev–Trinajstić information content (AvgIpc) is 2.54. The maximum Gasteiger partial charge on any atom is 0.329 e. The monoisotopic (exact) mass is 265 g/mol. The van der Waals surface area contributed by atoms with Crippen molar-refractivity contribution in [2.24, 2.45) is 0 Å². The predicted octanol–water partition coefficient (Wildman–Crippen LogP) is 3.23. The Balaban J connectivity index is 2.61. The van der Waals surface area contributed by atoms with Crippen molar-refractivity contribution in [3.63, 3.8) is 0 Å². The summed E-state index contributed by atoms with van der Waals surface area (Å²) in [6.45, 7) is 3.33. The Morgan fingerprint density at radius 2 is 2.00 bits per heavy atom. The Kier molecular flexibility index (Phi) is 3.40. The quantitative estimate of drug-likeness (QED) is 0.781. The highest BCUT2D eigenvalue weighted by atomic mass is 32.1. The zero-order chi connectivity index (χ0) is 12.4. The lowest BCUT2D eigenvalue weighted by molar-refractivity contribution is -0.141. The van der Waals surface area contributed by atoms with Gasteiger partial charge in [-0.2, -0.15) is 4.73 Å². The van der Waals surface area contributed by atoms with Crippen LogP contribution >= 0.6 is 23.6 Å². The van der Waals surface area contributed by atoms with Crippen LogP contribution in [0.2, 0.25) is 0 Å². The molecule has 0 radical (unpaired) electrons. The minimum absolute atomic E-state index is 0.379. The van der Waals surface area contributed by atoms with Gasteiger partial charge in [0, 0.05) is 17.4 Å². The van der Waals surface area contributed by atoms with Crippen LogP contribution in [0.25, 0.3) is 11.3 Å². The van der Waals surface area contributed by atoms with Crippen LogP contribution in [0.1, 0.15) is 11.8 Å². The van der Waals surface area contributed by atoms with Crippen LogP contribution in [0, 0.1) is 10.9 Å². The second-order valence-corrected chi connectivity index (χ2v) is 5.36. The standard InChI is InChI=1S/C12H11NO2S2/c1-8-11(10-6-4-3-5-7-10)13(12(16)17-8)15-9(2)14/h3-7H,1-2H3. The first-order valence-corrected chi connectivity index (χ1v) is 6.29. The Morgan fingerprint density at radius 3 is 2.59 bits per heavy atom. The fourth-order valence-electron chi connectivity index (χ4n) is 1.58. The second-order valence-electron chi connectivity index (χ2n) is 3.52. The molecule has 0 amide bonds. The van der Waals surface area contributed by atoms with Gasteiger partial charge in [-0.15, -0.1) is 11.3 Å². The van der Waals surface area contributed by atoms with Gasteiger partial charge in [-0.3, -0.25) is 0 Å². The molecule has 0 spiro atoms. The molecule has 0 N–H and O–H groups in total. The minimum atomic E-state index is -0.379. The van der Waals surface area contributed by atoms with E-state index >= 15 is 0 Å². The van der Waals surface area contributed by atoms with Gasteiger partial charge in [-0.05, 0) is 19.1 Å². The van der Waals surface area contributed by atoms with E-state index in [4.69, 9.17) is 17.1 Å². The largest absolute Gasteiger partial charge is 0.335 e. The Bertz CT molecular complexity index is 599. The van der Waals surface area contributed by atoms with Crippen molar-refractivity contribution in [1.29, 1.82) is 0 Å². The van der Waals surface area contributed by atoms with Gasteiger partial charge in [0.15, 0.2) is 3.95 Å². The third-order valence-electron chi connectivity index (χ3n) is 2.21. The SMILES string of the molecule is CC(=O)On1c(-c2ccccc2)c(C)sc1=S. The topological polar surface area (TPSA) is 31.2 Å². The number of carbonyl (C=O) groups is 1. The number of hydrogen-bond acceptors (Lipinski definition) is 4. The summed E-state index contributed by atoms with van der Waals surface area (Å²) in [5, 5.41) is 0. The van der Waals surface area contributed by atoms with Crippen molar-refractivity contribution < 1.29 is 9.63 Å². The molecule has 3 nitrogen and oxygen atoms in total. The molecular weight excluding hydrogens is 254 g/mol. The van der Waals surface area contributed by atoms with Crippen LogP contribution in [0.5, 0.6) is 0 Å². The highest BCUT2D eigenvalue weighted by molar-refractivity contribution is 7.73. The zero-order valence-electron chi connectivity index (χ0n) is 9.47. The lowest BCUT2D eigenvalue weighted by Gasteiger charge is -2.07. The summed E-state index contributed by atoms with van der Waals surface area (Å²) in [5.74, 6) is -0.379. The van der Waals surface area contributed by atoms with Gasteiger partial charge in [0.05, 0.1) is 0 Å². The van der Waals surface area contributed by atoms with Crippen molar-refractivity contribution in [3.05, 3.63) is 39.2 Å². The number of rotatable bonds is 2. The van der Waals surface area contributed by atoms with E-state index in [1.807, 2.05) is 37.3 Å². The number of thiazole rings is 1. The van der Waals surface area contributed by atoms with Crippen LogP contribution < -0.4 is 4.84 Å². The first-order valence-electron chi connectivity index (χ1n) is 5.06. The molecule has 1 aromatic heterocycles. The zero-order valence-corrected chi connectivity index (χ0v) is 11.1. The van der Waals surface area contributed by atoms with Crippen molar-refractivity contribution in [3.8, 4) is 11.3 Å². The lowest BCUT2D eigenvalue weighted by atomic mass is 10.1. The smallest absolute Gasteiger partial charge is 0.329 e. The lowest BCUT2D eigenvalue weighted by Crippen LogP contribution is -2.17. The van der Waals surface area contributed by atoms with Gasteiger partial charge in [-0.1, -0.05) is 30.3 Å². The normalized spacial score (nSPS) is 10.2. The third-order valence-corrected chi connectivity index (χ3v) is 3.47. The van der Waals surface area contributed by atoms with E-state index in [9.17, 15) is 4.79 Å². The third kappa shape index (κ3) is 2.45. The second kappa shape index (κ2) is 4.81. The van der Waals surface area contributed by atoms with Crippen LogP contribution in [-0.2, 0) is 4.79 Å². The number of aromatic nitrogens is 1. The fourth-order valence-corrected chi connectivity index (χ4v) is 2.86. The fraction of sp³-hybridized carbons (Fsp3) is 0.167. The van der Waals surface area contributed by atoms with E-state index in [0.29, 0.717) is 3.95 Å². The highest BCUT2D eigenvalue weighted by Crippen LogP contribution is 2.28. The molecule has 0 atom stereocenters. The summed E-state index contributed by atoms with van der Waals surface area (Å²) < 4.78 is 1.96. The van der Waals surface area contributed by atoms with Gasteiger partial charge in [0.25, 0.3) is 0 Å². The average molecular weight is 265 g/mol. The molecule has 88 valence electrons. The predicted molar refractivity (Wildman–Crippen MR) is 70.6 cm³/mol. The van der Waals surface area contributed by atoms with Crippen molar-refractivity contribution in [2.75, 3.05) is 0 Å². The van der Waals surface area contributed by atoms with Gasteiger partial charge in [0.2, 0.25) is 0 Å². The first kappa shape index (κ1) is 12.0. The van der Waals surface area contributed by atoms with Crippen LogP contribution in [-0.4, -0.2) is 10.7 Å². The molecule has 0 saturated carbocycles. The maximum absolute atomic E-state index is 11.1. The molecule has 0 saturated heterocycles. The van der Waals surface area contributed by atoms with Crippen LogP contribution in [0.15, 0.2) is 30.3 Å². The molecular formula is C12H11NO2S2. The van der Waals surface area contributed by atoms with Crippen molar-refractivity contribution in [2.45, 2.75) is 13.8 Å². The molecule has 1 aromatic carbocycles. The van der Waals surface area contributed by atoms with E-state index in [1.54, 1.807) is 0 Å². The molecule has 2 aromatic rings. The highest BCUT2D eigenvalue weighted by Gasteiger charge is 2.13. The summed E-state index contributed by atoms with van der Waals surface area (Å²) in [4.78, 5) is 17.2. The van der Waals surface area contributed by atoms with Gasteiger partial charge in [-0.25, -0.2) is 4.79 Å². The number of hydrogen-bond donors (Lipinski definition) is 0. The van der Waals surface area contributed by atoms with Gasteiger partial charge < -0.3 is 4.84 Å². The Labute approximate surface area is 108 Å². The summed E-state index contributed by atoms with van der Waals surface area (Å²) in [7, 11) is 0. The molecule has 0 aliphatic rings.